The van der Waals surface area contributed by atoms with Gasteiger partial charge in [-0.2, -0.15) is 5.26 Å². The molecule has 2 amide bonds. The van der Waals surface area contributed by atoms with E-state index < -0.39 is 11.4 Å². The first kappa shape index (κ1) is 19.0. The Morgan fingerprint density at radius 1 is 1.19 bits per heavy atom. The fourth-order valence-electron chi connectivity index (χ4n) is 2.38. The molecule has 0 saturated heterocycles. The summed E-state index contributed by atoms with van der Waals surface area (Å²) in [5, 5.41) is 15.0. The number of primary amides is 1. The summed E-state index contributed by atoms with van der Waals surface area (Å²) in [7, 11) is 0. The molecule has 0 saturated carbocycles. The van der Waals surface area contributed by atoms with Gasteiger partial charge in [-0.3, -0.25) is 9.59 Å². The molecule has 0 fully saturated rings. The molecule has 0 spiro atoms. The number of rotatable bonds is 6. The van der Waals surface area contributed by atoms with E-state index in [2.05, 4.69) is 16.7 Å². The summed E-state index contributed by atoms with van der Waals surface area (Å²) in [5.41, 5.74) is 7.77. The maximum absolute atomic E-state index is 12.3. The summed E-state index contributed by atoms with van der Waals surface area (Å²) in [6.07, 6.45) is 0. The highest BCUT2D eigenvalue weighted by atomic mass is 16.2. The van der Waals surface area contributed by atoms with Gasteiger partial charge in [0.25, 0.3) is 5.91 Å². The van der Waals surface area contributed by atoms with E-state index in [0.29, 0.717) is 16.8 Å². The Balaban J connectivity index is 2.22. The zero-order valence-electron chi connectivity index (χ0n) is 15.1. The van der Waals surface area contributed by atoms with Crippen molar-refractivity contribution in [2.75, 3.05) is 5.32 Å². The second-order valence-corrected chi connectivity index (χ2v) is 6.65. The third-order valence-electron chi connectivity index (χ3n) is 4.02. The van der Waals surface area contributed by atoms with E-state index in [-0.39, 0.29) is 12.5 Å². The highest BCUT2D eigenvalue weighted by Gasteiger charge is 2.25. The number of carbonyl (C=O) groups excluding carboxylic acids is 2. The van der Waals surface area contributed by atoms with Gasteiger partial charge in [0.05, 0.1) is 11.6 Å². The predicted octanol–water partition coefficient (Wildman–Crippen LogP) is 2.47. The molecule has 26 heavy (non-hydrogen) atoms. The predicted molar refractivity (Wildman–Crippen MR) is 100 cm³/mol. The van der Waals surface area contributed by atoms with Gasteiger partial charge in [-0.1, -0.05) is 23.8 Å². The van der Waals surface area contributed by atoms with Crippen LogP contribution in [0.3, 0.4) is 0 Å². The lowest BCUT2D eigenvalue weighted by molar-refractivity contribution is -0.121. The average molecular weight is 350 g/mol. The lowest BCUT2D eigenvalue weighted by Gasteiger charge is -2.25. The Kier molecular flexibility index (Phi) is 5.63. The second-order valence-electron chi connectivity index (χ2n) is 6.65. The molecule has 0 atom stereocenters. The van der Waals surface area contributed by atoms with Gasteiger partial charge < -0.3 is 16.4 Å². The van der Waals surface area contributed by atoms with Crippen molar-refractivity contribution in [3.63, 3.8) is 0 Å². The highest BCUT2D eigenvalue weighted by Crippen LogP contribution is 2.22. The van der Waals surface area contributed by atoms with Crippen molar-refractivity contribution in [3.05, 3.63) is 64.7 Å². The third kappa shape index (κ3) is 4.61. The fourth-order valence-corrected chi connectivity index (χ4v) is 2.38. The first-order chi connectivity index (χ1) is 12.2. The van der Waals surface area contributed by atoms with Gasteiger partial charge in [0.2, 0.25) is 5.91 Å². The van der Waals surface area contributed by atoms with Crippen LogP contribution in [0, 0.1) is 18.3 Å². The summed E-state index contributed by atoms with van der Waals surface area (Å²) in [4.78, 5) is 23.9. The van der Waals surface area contributed by atoms with Crippen molar-refractivity contribution in [1.29, 1.82) is 5.26 Å². The minimum Gasteiger partial charge on any atom is -0.371 e. The van der Waals surface area contributed by atoms with E-state index in [4.69, 9.17) is 11.0 Å². The molecule has 0 radical (unpaired) electrons. The maximum atomic E-state index is 12.3. The number of nitrogens with one attached hydrogen (secondary N) is 2. The quantitative estimate of drug-likeness (QED) is 0.743. The molecule has 0 heterocycles. The van der Waals surface area contributed by atoms with Crippen LogP contribution in [-0.4, -0.2) is 17.4 Å². The van der Waals surface area contributed by atoms with Crippen molar-refractivity contribution in [1.82, 2.24) is 5.32 Å². The molecule has 0 aliphatic heterocycles. The molecule has 2 aromatic rings. The number of amides is 2. The molecule has 0 bridgehead atoms. The third-order valence-corrected chi connectivity index (χ3v) is 4.02. The number of nitriles is 1. The number of anilines is 1. The van der Waals surface area contributed by atoms with Crippen molar-refractivity contribution in [2.24, 2.45) is 5.73 Å². The summed E-state index contributed by atoms with van der Waals surface area (Å²) < 4.78 is 0. The smallest absolute Gasteiger partial charge is 0.251 e. The van der Waals surface area contributed by atoms with Crippen LogP contribution in [0.1, 0.15) is 40.9 Å². The van der Waals surface area contributed by atoms with E-state index in [1.54, 1.807) is 38.1 Å². The molecular weight excluding hydrogens is 328 g/mol. The topological polar surface area (TPSA) is 108 Å². The number of carbonyl (C=O) groups is 2. The van der Waals surface area contributed by atoms with E-state index in [9.17, 15) is 9.59 Å². The molecule has 134 valence electrons. The van der Waals surface area contributed by atoms with Crippen LogP contribution in [0.2, 0.25) is 0 Å². The Bertz CT molecular complexity index is 882. The standard InChI is InChI=1S/C20H22N4O2/c1-13-5-4-6-15(9-13)18(25)23-12-16-8-7-14(11-21)10-17(16)24-20(2,3)19(22)26/h4-10,24H,12H2,1-3H3,(H2,22,26)(H,23,25). The van der Waals surface area contributed by atoms with E-state index in [1.807, 2.05) is 25.1 Å². The minimum absolute atomic E-state index is 0.196. The number of hydrogen-bond acceptors (Lipinski definition) is 4. The Labute approximate surface area is 153 Å². The van der Waals surface area contributed by atoms with Gasteiger partial charge >= 0.3 is 0 Å². The van der Waals surface area contributed by atoms with Crippen LogP contribution >= 0.6 is 0 Å². The lowest BCUT2D eigenvalue weighted by Crippen LogP contribution is -2.45. The maximum Gasteiger partial charge on any atom is 0.251 e. The molecule has 2 aromatic carbocycles. The average Bonchev–Trinajstić information content (AvgIpc) is 2.59. The first-order valence-electron chi connectivity index (χ1n) is 8.19. The van der Waals surface area contributed by atoms with E-state index in [0.717, 1.165) is 11.1 Å². The summed E-state index contributed by atoms with van der Waals surface area (Å²) in [5.74, 6) is -0.715. The van der Waals surface area contributed by atoms with Gasteiger partial charge in [-0.25, -0.2) is 0 Å². The Morgan fingerprint density at radius 3 is 2.54 bits per heavy atom. The SMILES string of the molecule is Cc1cccc(C(=O)NCc2ccc(C#N)cc2NC(C)(C)C(N)=O)c1. The summed E-state index contributed by atoms with van der Waals surface area (Å²) in [6.45, 7) is 5.48. The van der Waals surface area contributed by atoms with Crippen molar-refractivity contribution in [3.8, 4) is 6.07 Å². The Morgan fingerprint density at radius 2 is 1.92 bits per heavy atom. The van der Waals surface area contributed by atoms with Crippen molar-refractivity contribution in [2.45, 2.75) is 32.9 Å². The number of benzene rings is 2. The van der Waals surface area contributed by atoms with Crippen LogP contribution in [-0.2, 0) is 11.3 Å². The molecule has 6 heteroatoms. The van der Waals surface area contributed by atoms with Crippen molar-refractivity contribution < 1.29 is 9.59 Å². The van der Waals surface area contributed by atoms with Crippen LogP contribution in [0.25, 0.3) is 0 Å². The monoisotopic (exact) mass is 350 g/mol. The van der Waals surface area contributed by atoms with E-state index in [1.165, 1.54) is 0 Å². The first-order valence-corrected chi connectivity index (χ1v) is 8.19. The number of nitrogens with two attached hydrogens (primary N) is 1. The molecule has 0 aliphatic carbocycles. The summed E-state index contributed by atoms with van der Waals surface area (Å²) >= 11 is 0. The molecule has 2 rings (SSSR count). The Hall–Kier alpha value is -3.33. The lowest BCUT2D eigenvalue weighted by atomic mass is 10.0. The van der Waals surface area contributed by atoms with Crippen LogP contribution in [0.4, 0.5) is 5.69 Å². The molecule has 4 N–H and O–H groups in total. The normalized spacial score (nSPS) is 10.7. The molecule has 0 aliphatic rings. The number of hydrogen-bond donors (Lipinski definition) is 3. The molecule has 0 unspecified atom stereocenters. The van der Waals surface area contributed by atoms with Gasteiger partial charge in [-0.15, -0.1) is 0 Å². The largest absolute Gasteiger partial charge is 0.371 e. The molecule has 6 nitrogen and oxygen atoms in total. The van der Waals surface area contributed by atoms with Gasteiger partial charge in [0.15, 0.2) is 0 Å². The van der Waals surface area contributed by atoms with E-state index >= 15 is 0 Å². The van der Waals surface area contributed by atoms with Gasteiger partial charge in [0, 0.05) is 17.8 Å². The summed E-state index contributed by atoms with van der Waals surface area (Å²) in [6, 6.07) is 14.4. The fraction of sp³-hybridized carbons (Fsp3) is 0.250. The van der Waals surface area contributed by atoms with Crippen LogP contribution in [0.5, 0.6) is 0 Å². The second kappa shape index (κ2) is 7.70. The van der Waals surface area contributed by atoms with Crippen molar-refractivity contribution >= 4 is 17.5 Å². The number of nitrogens with zero attached hydrogens (tertiary/aromatic N) is 1. The molecular formula is C20H22N4O2. The van der Waals surface area contributed by atoms with Gasteiger partial charge in [0.1, 0.15) is 5.54 Å². The zero-order chi connectivity index (χ0) is 19.3. The number of aryl methyl sites for hydroxylation is 1. The van der Waals surface area contributed by atoms with Gasteiger partial charge in [-0.05, 0) is 50.6 Å². The zero-order valence-corrected chi connectivity index (χ0v) is 15.1. The minimum atomic E-state index is -0.997. The van der Waals surface area contributed by atoms with Crippen LogP contribution < -0.4 is 16.4 Å². The highest BCUT2D eigenvalue weighted by molar-refractivity contribution is 5.94. The molecule has 0 aromatic heterocycles. The van der Waals surface area contributed by atoms with Crippen LogP contribution in [0.15, 0.2) is 42.5 Å².